The van der Waals surface area contributed by atoms with Crippen molar-refractivity contribution in [1.82, 2.24) is 5.32 Å². The molecule has 0 saturated heterocycles. The molecule has 0 aromatic heterocycles. The molecule has 1 aromatic rings. The van der Waals surface area contributed by atoms with Crippen molar-refractivity contribution in [3.63, 3.8) is 0 Å². The first-order valence-electron chi connectivity index (χ1n) is 6.45. The van der Waals surface area contributed by atoms with Crippen molar-refractivity contribution in [3.05, 3.63) is 28.3 Å². The molecule has 21 heavy (non-hydrogen) atoms. The molecule has 0 aliphatic heterocycles. The van der Waals surface area contributed by atoms with Gasteiger partial charge in [-0.3, -0.25) is 20.2 Å². The number of benzene rings is 1. The van der Waals surface area contributed by atoms with Gasteiger partial charge in [-0.1, -0.05) is 0 Å². The normalized spacial score (nSPS) is 15.3. The number of hydrogen-bond acceptors (Lipinski definition) is 6. The number of aliphatic carboxylic acids is 1. The van der Waals surface area contributed by atoms with E-state index in [2.05, 4.69) is 5.32 Å². The molecule has 0 bridgehead atoms. The Bertz CT molecular complexity index is 543. The molecule has 1 saturated carbocycles. The van der Waals surface area contributed by atoms with Crippen LogP contribution in [-0.4, -0.2) is 41.8 Å². The Kier molecular flexibility index (Phi) is 4.59. The van der Waals surface area contributed by atoms with Crippen molar-refractivity contribution in [3.8, 4) is 11.5 Å². The highest BCUT2D eigenvalue weighted by Gasteiger charge is 2.29. The fourth-order valence-electron chi connectivity index (χ4n) is 1.79. The number of carboxylic acid groups (broad SMARTS) is 1. The number of carboxylic acids is 1. The topological polar surface area (TPSA) is 111 Å². The van der Waals surface area contributed by atoms with Gasteiger partial charge in [-0.2, -0.15) is 0 Å². The molecule has 0 spiro atoms. The quantitative estimate of drug-likeness (QED) is 0.547. The van der Waals surface area contributed by atoms with Gasteiger partial charge >= 0.3 is 11.7 Å². The number of nitrogens with one attached hydrogen (secondary N) is 1. The van der Waals surface area contributed by atoms with E-state index in [1.165, 1.54) is 25.3 Å². The van der Waals surface area contributed by atoms with Crippen molar-refractivity contribution in [2.75, 3.05) is 13.7 Å². The number of rotatable bonds is 8. The van der Waals surface area contributed by atoms with Crippen LogP contribution in [-0.2, 0) is 4.79 Å². The number of nitrogens with zero attached hydrogens (tertiary/aromatic N) is 1. The van der Waals surface area contributed by atoms with Gasteiger partial charge in [0, 0.05) is 6.04 Å². The van der Waals surface area contributed by atoms with Crippen LogP contribution in [0.1, 0.15) is 12.8 Å². The van der Waals surface area contributed by atoms with E-state index in [1.54, 1.807) is 0 Å². The number of ether oxygens (including phenoxy) is 2. The maximum Gasteiger partial charge on any atom is 0.324 e. The number of hydrogen-bond donors (Lipinski definition) is 2. The SMILES string of the molecule is COc1ccc(OCC(NC2CC2)C(=O)O)c([N+](=O)[O-])c1. The predicted molar refractivity (Wildman–Crippen MR) is 72.7 cm³/mol. The molecule has 2 rings (SSSR count). The molecule has 8 heteroatoms. The van der Waals surface area contributed by atoms with Crippen molar-refractivity contribution in [1.29, 1.82) is 0 Å². The Hall–Kier alpha value is -2.35. The minimum atomic E-state index is -1.04. The summed E-state index contributed by atoms with van der Waals surface area (Å²) in [5, 5.41) is 23.0. The number of nitro benzene ring substituents is 1. The van der Waals surface area contributed by atoms with E-state index in [0.717, 1.165) is 12.8 Å². The van der Waals surface area contributed by atoms with Gasteiger partial charge in [-0.05, 0) is 25.0 Å². The van der Waals surface area contributed by atoms with Gasteiger partial charge in [0.05, 0.1) is 18.1 Å². The number of nitro groups is 1. The van der Waals surface area contributed by atoms with Gasteiger partial charge < -0.3 is 14.6 Å². The fourth-order valence-corrected chi connectivity index (χ4v) is 1.79. The van der Waals surface area contributed by atoms with Crippen LogP contribution in [0.4, 0.5) is 5.69 Å². The Morgan fingerprint density at radius 3 is 2.81 bits per heavy atom. The van der Waals surface area contributed by atoms with E-state index in [4.69, 9.17) is 14.6 Å². The van der Waals surface area contributed by atoms with Crippen molar-refractivity contribution < 1.29 is 24.3 Å². The van der Waals surface area contributed by atoms with E-state index in [9.17, 15) is 14.9 Å². The molecule has 0 heterocycles. The third-order valence-corrected chi connectivity index (χ3v) is 3.08. The molecule has 1 unspecified atom stereocenters. The standard InChI is InChI=1S/C13H16N2O6/c1-20-9-4-5-12(11(6-9)15(18)19)21-7-10(13(16)17)14-8-2-3-8/h4-6,8,10,14H,2-3,7H2,1H3,(H,16,17). The Balaban J connectivity index is 2.06. The molecule has 0 amide bonds. The molecule has 2 N–H and O–H groups in total. The van der Waals surface area contributed by atoms with Crippen LogP contribution in [0.5, 0.6) is 11.5 Å². The van der Waals surface area contributed by atoms with E-state index < -0.39 is 16.9 Å². The summed E-state index contributed by atoms with van der Waals surface area (Å²) < 4.78 is 10.2. The van der Waals surface area contributed by atoms with Crippen LogP contribution in [0.15, 0.2) is 18.2 Å². The predicted octanol–water partition coefficient (Wildman–Crippen LogP) is 1.19. The molecule has 1 aromatic carbocycles. The van der Waals surface area contributed by atoms with Gasteiger partial charge in [-0.15, -0.1) is 0 Å². The summed E-state index contributed by atoms with van der Waals surface area (Å²) in [4.78, 5) is 21.5. The molecule has 8 nitrogen and oxygen atoms in total. The smallest absolute Gasteiger partial charge is 0.324 e. The summed E-state index contributed by atoms with van der Waals surface area (Å²) in [5.74, 6) is -0.692. The monoisotopic (exact) mass is 296 g/mol. The lowest BCUT2D eigenvalue weighted by molar-refractivity contribution is -0.386. The summed E-state index contributed by atoms with van der Waals surface area (Å²) in [7, 11) is 1.40. The van der Waals surface area contributed by atoms with E-state index in [-0.39, 0.29) is 24.1 Å². The Morgan fingerprint density at radius 2 is 2.29 bits per heavy atom. The molecule has 1 fully saturated rings. The second-order valence-corrected chi connectivity index (χ2v) is 4.73. The maximum absolute atomic E-state index is 11.1. The molecule has 114 valence electrons. The largest absolute Gasteiger partial charge is 0.496 e. The molecular formula is C13H16N2O6. The van der Waals surface area contributed by atoms with Crippen molar-refractivity contribution in [2.24, 2.45) is 0 Å². The zero-order valence-electron chi connectivity index (χ0n) is 11.4. The zero-order valence-corrected chi connectivity index (χ0v) is 11.4. The summed E-state index contributed by atoms with van der Waals surface area (Å²) in [6.45, 7) is -0.182. The Labute approximate surface area is 120 Å². The van der Waals surface area contributed by atoms with Gasteiger partial charge in [-0.25, -0.2) is 0 Å². The Morgan fingerprint density at radius 1 is 1.57 bits per heavy atom. The van der Waals surface area contributed by atoms with Crippen LogP contribution < -0.4 is 14.8 Å². The second-order valence-electron chi connectivity index (χ2n) is 4.73. The van der Waals surface area contributed by atoms with Gasteiger partial charge in [0.25, 0.3) is 0 Å². The summed E-state index contributed by atoms with van der Waals surface area (Å²) in [6, 6.07) is 3.46. The van der Waals surface area contributed by atoms with Gasteiger partial charge in [0.15, 0.2) is 5.75 Å². The number of carbonyl (C=O) groups is 1. The zero-order chi connectivity index (χ0) is 15.4. The first kappa shape index (κ1) is 15.0. The highest BCUT2D eigenvalue weighted by atomic mass is 16.6. The lowest BCUT2D eigenvalue weighted by Gasteiger charge is -2.15. The first-order valence-corrected chi connectivity index (χ1v) is 6.45. The number of methoxy groups -OCH3 is 1. The fraction of sp³-hybridized carbons (Fsp3) is 0.462. The molecule has 1 aliphatic rings. The van der Waals surface area contributed by atoms with Crippen LogP contribution in [0, 0.1) is 10.1 Å². The van der Waals surface area contributed by atoms with Crippen LogP contribution in [0.2, 0.25) is 0 Å². The second kappa shape index (κ2) is 6.40. The lowest BCUT2D eigenvalue weighted by atomic mass is 10.2. The minimum absolute atomic E-state index is 0.0182. The third-order valence-electron chi connectivity index (χ3n) is 3.08. The highest BCUT2D eigenvalue weighted by molar-refractivity contribution is 5.73. The average molecular weight is 296 g/mol. The van der Waals surface area contributed by atoms with E-state index in [0.29, 0.717) is 5.75 Å². The van der Waals surface area contributed by atoms with E-state index in [1.807, 2.05) is 0 Å². The average Bonchev–Trinajstić information content (AvgIpc) is 3.26. The van der Waals surface area contributed by atoms with Crippen LogP contribution in [0.25, 0.3) is 0 Å². The summed E-state index contributed by atoms with van der Waals surface area (Å²) in [6.07, 6.45) is 1.87. The van der Waals surface area contributed by atoms with Gasteiger partial charge in [0.1, 0.15) is 18.4 Å². The first-order chi connectivity index (χ1) is 10.0. The van der Waals surface area contributed by atoms with E-state index >= 15 is 0 Å². The maximum atomic E-state index is 11.1. The highest BCUT2D eigenvalue weighted by Crippen LogP contribution is 2.31. The molecule has 1 atom stereocenters. The lowest BCUT2D eigenvalue weighted by Crippen LogP contribution is -2.42. The molecule has 1 aliphatic carbocycles. The molecular weight excluding hydrogens is 280 g/mol. The van der Waals surface area contributed by atoms with Crippen LogP contribution in [0.3, 0.4) is 0 Å². The minimum Gasteiger partial charge on any atom is -0.496 e. The molecule has 0 radical (unpaired) electrons. The van der Waals surface area contributed by atoms with Gasteiger partial charge in [0.2, 0.25) is 0 Å². The third kappa shape index (κ3) is 4.06. The summed E-state index contributed by atoms with van der Waals surface area (Å²) >= 11 is 0. The van der Waals surface area contributed by atoms with Crippen LogP contribution >= 0.6 is 0 Å². The van der Waals surface area contributed by atoms with Crippen molar-refractivity contribution >= 4 is 11.7 Å². The summed E-state index contributed by atoms with van der Waals surface area (Å²) in [5.41, 5.74) is -0.259. The van der Waals surface area contributed by atoms with Crippen molar-refractivity contribution in [2.45, 2.75) is 24.9 Å².